The fourth-order valence-corrected chi connectivity index (χ4v) is 2.35. The molecule has 0 saturated heterocycles. The molecule has 0 atom stereocenters. The molecule has 1 aromatic heterocycles. The van der Waals surface area contributed by atoms with Crippen molar-refractivity contribution in [1.82, 2.24) is 10.1 Å². The topological polar surface area (TPSA) is 38.9 Å². The van der Waals surface area contributed by atoms with Crippen LogP contribution >= 0.6 is 0 Å². The maximum absolute atomic E-state index is 13.7. The van der Waals surface area contributed by atoms with Crippen LogP contribution in [0.1, 0.15) is 22.5 Å². The fraction of sp³-hybridized carbons (Fsp3) is 0.111. The van der Waals surface area contributed by atoms with Gasteiger partial charge in [-0.15, -0.1) is 0 Å². The zero-order valence-electron chi connectivity index (χ0n) is 13.9. The van der Waals surface area contributed by atoms with Gasteiger partial charge in [0, 0.05) is 0 Å². The second kappa shape index (κ2) is 7.30. The first-order chi connectivity index (χ1) is 13.4. The summed E-state index contributed by atoms with van der Waals surface area (Å²) in [6.45, 7) is 0. The van der Waals surface area contributed by atoms with Gasteiger partial charge in [-0.3, -0.25) is 0 Å². The maximum Gasteiger partial charge on any atom is 0.416 e. The van der Waals surface area contributed by atoms with E-state index in [2.05, 4.69) is 10.1 Å². The molecular weight excluding hydrogens is 412 g/mol. The third-order valence-corrected chi connectivity index (χ3v) is 3.65. The summed E-state index contributed by atoms with van der Waals surface area (Å²) < 4.78 is 109. The van der Waals surface area contributed by atoms with Crippen LogP contribution in [0.4, 0.5) is 35.1 Å². The van der Waals surface area contributed by atoms with E-state index < -0.39 is 52.1 Å². The normalized spacial score (nSPS) is 12.7. The molecule has 3 aromatic rings. The predicted octanol–water partition coefficient (Wildman–Crippen LogP) is 6.22. The van der Waals surface area contributed by atoms with E-state index in [1.807, 2.05) is 0 Å². The zero-order chi connectivity index (χ0) is 21.4. The van der Waals surface area contributed by atoms with Gasteiger partial charge in [-0.05, 0) is 42.0 Å². The number of aromatic nitrogens is 2. The van der Waals surface area contributed by atoms with Crippen molar-refractivity contribution in [2.75, 3.05) is 0 Å². The largest absolute Gasteiger partial charge is 0.416 e. The third kappa shape index (κ3) is 4.61. The lowest BCUT2D eigenvalue weighted by Gasteiger charge is -2.12. The monoisotopic (exact) mass is 420 g/mol. The van der Waals surface area contributed by atoms with Gasteiger partial charge in [0.2, 0.25) is 0 Å². The fourth-order valence-electron chi connectivity index (χ4n) is 2.35. The van der Waals surface area contributed by atoms with Crippen LogP contribution in [-0.4, -0.2) is 10.1 Å². The number of hydrogen-bond acceptors (Lipinski definition) is 3. The SMILES string of the molecule is Fc1cccc(F)c1-c1nc(C=Cc2cc(C(F)(F)F)cc(C(F)(F)F)c2)no1. The molecule has 3 nitrogen and oxygen atoms in total. The molecule has 0 fully saturated rings. The van der Waals surface area contributed by atoms with Gasteiger partial charge < -0.3 is 4.52 Å². The Labute approximate surface area is 157 Å². The van der Waals surface area contributed by atoms with Crippen molar-refractivity contribution in [3.05, 3.63) is 70.5 Å². The molecule has 0 N–H and O–H groups in total. The minimum Gasteiger partial charge on any atom is -0.333 e. The Morgan fingerprint density at radius 3 is 1.86 bits per heavy atom. The summed E-state index contributed by atoms with van der Waals surface area (Å²) in [5.41, 5.74) is -4.03. The molecule has 0 spiro atoms. The Bertz CT molecular complexity index is 1010. The summed E-state index contributed by atoms with van der Waals surface area (Å²) >= 11 is 0. The molecule has 3 rings (SSSR count). The highest BCUT2D eigenvalue weighted by Gasteiger charge is 2.36. The molecule has 0 radical (unpaired) electrons. The minimum absolute atomic E-state index is 0.00917. The summed E-state index contributed by atoms with van der Waals surface area (Å²) in [4.78, 5) is 3.67. The molecule has 29 heavy (non-hydrogen) atoms. The second-order valence-corrected chi connectivity index (χ2v) is 5.73. The Morgan fingerprint density at radius 1 is 0.793 bits per heavy atom. The van der Waals surface area contributed by atoms with E-state index in [1.54, 1.807) is 0 Å². The molecule has 1 heterocycles. The zero-order valence-corrected chi connectivity index (χ0v) is 13.9. The highest BCUT2D eigenvalue weighted by atomic mass is 19.4. The van der Waals surface area contributed by atoms with Crippen molar-refractivity contribution in [2.24, 2.45) is 0 Å². The molecular formula is C18H8F8N2O. The van der Waals surface area contributed by atoms with Gasteiger partial charge in [-0.1, -0.05) is 17.3 Å². The van der Waals surface area contributed by atoms with Gasteiger partial charge in [-0.2, -0.15) is 31.3 Å². The van der Waals surface area contributed by atoms with Crippen LogP contribution in [0, 0.1) is 11.6 Å². The Hall–Kier alpha value is -3.24. The Morgan fingerprint density at radius 2 is 1.34 bits per heavy atom. The van der Waals surface area contributed by atoms with Crippen LogP contribution in [0.15, 0.2) is 40.9 Å². The van der Waals surface area contributed by atoms with Crippen LogP contribution < -0.4 is 0 Å². The van der Waals surface area contributed by atoms with E-state index in [9.17, 15) is 35.1 Å². The molecule has 0 amide bonds. The van der Waals surface area contributed by atoms with Gasteiger partial charge in [0.15, 0.2) is 5.82 Å². The summed E-state index contributed by atoms with van der Waals surface area (Å²) in [5, 5.41) is 3.38. The number of halogens is 8. The van der Waals surface area contributed by atoms with Crippen molar-refractivity contribution in [3.8, 4) is 11.5 Å². The lowest BCUT2D eigenvalue weighted by molar-refractivity contribution is -0.143. The molecule has 0 saturated carbocycles. The van der Waals surface area contributed by atoms with Crippen LogP contribution in [0.25, 0.3) is 23.6 Å². The van der Waals surface area contributed by atoms with Crippen molar-refractivity contribution >= 4 is 12.2 Å². The molecule has 0 unspecified atom stereocenters. The standard InChI is InChI=1S/C18H8F8N2O/c19-12-2-1-3-13(20)15(12)16-27-14(28-29-16)5-4-9-6-10(17(21,22)23)8-11(7-9)18(24,25)26/h1-8H. The van der Waals surface area contributed by atoms with E-state index in [0.717, 1.165) is 30.4 Å². The molecule has 152 valence electrons. The number of alkyl halides is 6. The Kier molecular flexibility index (Phi) is 5.16. The van der Waals surface area contributed by atoms with Gasteiger partial charge >= 0.3 is 12.4 Å². The number of benzene rings is 2. The van der Waals surface area contributed by atoms with Gasteiger partial charge in [0.05, 0.1) is 11.1 Å². The summed E-state index contributed by atoms with van der Waals surface area (Å²) in [5.74, 6) is -2.83. The van der Waals surface area contributed by atoms with Gasteiger partial charge in [-0.25, -0.2) is 8.78 Å². The Balaban J connectivity index is 1.96. The molecule has 0 bridgehead atoms. The first-order valence-electron chi connectivity index (χ1n) is 7.71. The van der Waals surface area contributed by atoms with Crippen LogP contribution in [0.3, 0.4) is 0 Å². The quantitative estimate of drug-likeness (QED) is 0.472. The third-order valence-electron chi connectivity index (χ3n) is 3.65. The van der Waals surface area contributed by atoms with Crippen LogP contribution in [0.5, 0.6) is 0 Å². The summed E-state index contributed by atoms with van der Waals surface area (Å²) in [6.07, 6.45) is -8.16. The highest BCUT2D eigenvalue weighted by Crippen LogP contribution is 2.36. The van der Waals surface area contributed by atoms with E-state index in [-0.39, 0.29) is 11.9 Å². The van der Waals surface area contributed by atoms with Crippen molar-refractivity contribution in [3.63, 3.8) is 0 Å². The first-order valence-corrected chi connectivity index (χ1v) is 7.71. The number of hydrogen-bond donors (Lipinski definition) is 0. The maximum atomic E-state index is 13.7. The minimum atomic E-state index is -4.99. The highest BCUT2D eigenvalue weighted by molar-refractivity contribution is 5.68. The van der Waals surface area contributed by atoms with Gasteiger partial charge in [0.1, 0.15) is 17.2 Å². The van der Waals surface area contributed by atoms with Crippen molar-refractivity contribution in [1.29, 1.82) is 0 Å². The number of rotatable bonds is 3. The van der Waals surface area contributed by atoms with Crippen LogP contribution in [0.2, 0.25) is 0 Å². The predicted molar refractivity (Wildman–Crippen MR) is 85.0 cm³/mol. The second-order valence-electron chi connectivity index (χ2n) is 5.73. The summed E-state index contributed by atoms with van der Waals surface area (Å²) in [6, 6.07) is 3.99. The van der Waals surface area contributed by atoms with Gasteiger partial charge in [0.25, 0.3) is 5.89 Å². The van der Waals surface area contributed by atoms with E-state index >= 15 is 0 Å². The molecule has 11 heteroatoms. The average Bonchev–Trinajstić information content (AvgIpc) is 3.06. The molecule has 2 aromatic carbocycles. The number of nitrogens with zero attached hydrogens (tertiary/aromatic N) is 2. The van der Waals surface area contributed by atoms with Crippen LogP contribution in [-0.2, 0) is 12.4 Å². The average molecular weight is 420 g/mol. The lowest BCUT2D eigenvalue weighted by Crippen LogP contribution is -2.11. The summed E-state index contributed by atoms with van der Waals surface area (Å²) in [7, 11) is 0. The van der Waals surface area contributed by atoms with Crippen molar-refractivity contribution < 1.29 is 39.6 Å². The first kappa shape index (κ1) is 20.5. The lowest BCUT2D eigenvalue weighted by atomic mass is 10.0. The molecule has 0 aliphatic rings. The molecule has 0 aliphatic carbocycles. The smallest absolute Gasteiger partial charge is 0.333 e. The van der Waals surface area contributed by atoms with E-state index in [1.165, 1.54) is 0 Å². The van der Waals surface area contributed by atoms with E-state index in [4.69, 9.17) is 4.52 Å². The van der Waals surface area contributed by atoms with Crippen molar-refractivity contribution in [2.45, 2.75) is 12.4 Å². The van der Waals surface area contributed by atoms with E-state index in [0.29, 0.717) is 12.1 Å². The molecule has 0 aliphatic heterocycles.